The fourth-order valence-electron chi connectivity index (χ4n) is 6.54. The molecule has 0 fully saturated rings. The molecule has 0 amide bonds. The molecule has 0 saturated carbocycles. The summed E-state index contributed by atoms with van der Waals surface area (Å²) in [5.74, 6) is 0. The molecule has 0 N–H and O–H groups in total. The number of rotatable bonds is 1. The first-order chi connectivity index (χ1) is 16.5. The molecule has 1 unspecified atom stereocenters. The van der Waals surface area contributed by atoms with Crippen molar-refractivity contribution in [2.45, 2.75) is 45.1 Å². The highest BCUT2D eigenvalue weighted by molar-refractivity contribution is 6.14. The minimum atomic E-state index is -0.0287. The maximum Gasteiger partial charge on any atom is 0.0445 e. The summed E-state index contributed by atoms with van der Waals surface area (Å²) in [6.45, 7) is 7.14. The van der Waals surface area contributed by atoms with Crippen LogP contribution in [0.25, 0.3) is 32.7 Å². The maximum atomic E-state index is 2.56. The Kier molecular flexibility index (Phi) is 4.06. The number of benzene rings is 5. The van der Waals surface area contributed by atoms with E-state index in [1.807, 2.05) is 0 Å². The molecule has 5 aromatic carbocycles. The van der Waals surface area contributed by atoms with Crippen LogP contribution in [0.2, 0.25) is 0 Å². The largest absolute Gasteiger partial charge is 0.338 e. The van der Waals surface area contributed by atoms with E-state index in [1.165, 1.54) is 67.2 Å². The molecule has 0 saturated heterocycles. The van der Waals surface area contributed by atoms with Gasteiger partial charge in [0.25, 0.3) is 0 Å². The highest BCUT2D eigenvalue weighted by Gasteiger charge is 2.37. The highest BCUT2D eigenvalue weighted by atomic mass is 15.2. The van der Waals surface area contributed by atoms with Crippen molar-refractivity contribution in [2.24, 2.45) is 0 Å². The van der Waals surface area contributed by atoms with Crippen LogP contribution in [0, 0.1) is 0 Å². The average molecular weight is 440 g/mol. The van der Waals surface area contributed by atoms with E-state index in [-0.39, 0.29) is 5.41 Å². The lowest BCUT2D eigenvalue weighted by Crippen LogP contribution is -2.33. The molecular formula is C33H29N. The Bertz CT molecular complexity index is 1610. The molecule has 0 bridgehead atoms. The number of para-hydroxylation sites is 1. The molecule has 0 aromatic heterocycles. The third-order valence-electron chi connectivity index (χ3n) is 8.35. The summed E-state index contributed by atoms with van der Waals surface area (Å²) < 4.78 is 0. The van der Waals surface area contributed by atoms with Crippen LogP contribution < -0.4 is 4.90 Å². The van der Waals surface area contributed by atoms with E-state index in [0.29, 0.717) is 6.04 Å². The van der Waals surface area contributed by atoms with Gasteiger partial charge in [-0.25, -0.2) is 0 Å². The molecule has 0 spiro atoms. The molecule has 1 nitrogen and oxygen atoms in total. The van der Waals surface area contributed by atoms with Gasteiger partial charge in [0, 0.05) is 22.8 Å². The smallest absolute Gasteiger partial charge is 0.0445 e. The molecule has 1 heteroatoms. The first-order valence-corrected chi connectivity index (χ1v) is 12.5. The van der Waals surface area contributed by atoms with E-state index in [0.717, 1.165) is 6.42 Å². The number of hydrogen-bond acceptors (Lipinski definition) is 1. The number of fused-ring (bicyclic) bond motifs is 8. The zero-order valence-corrected chi connectivity index (χ0v) is 20.1. The second kappa shape index (κ2) is 6.96. The van der Waals surface area contributed by atoms with Crippen molar-refractivity contribution < 1.29 is 0 Å². The van der Waals surface area contributed by atoms with Gasteiger partial charge in [0.1, 0.15) is 0 Å². The predicted octanol–water partition coefficient (Wildman–Crippen LogP) is 8.77. The van der Waals surface area contributed by atoms with Gasteiger partial charge in [-0.2, -0.15) is 0 Å². The quantitative estimate of drug-likeness (QED) is 0.236. The van der Waals surface area contributed by atoms with Crippen LogP contribution in [0.1, 0.15) is 43.9 Å². The number of anilines is 2. The van der Waals surface area contributed by atoms with Crippen molar-refractivity contribution in [3.8, 4) is 11.1 Å². The lowest BCUT2D eigenvalue weighted by Gasteiger charge is -2.37. The first-order valence-electron chi connectivity index (χ1n) is 12.5. The Morgan fingerprint density at radius 2 is 1.53 bits per heavy atom. The normalized spacial score (nSPS) is 18.1. The van der Waals surface area contributed by atoms with Crippen LogP contribution in [0.5, 0.6) is 0 Å². The summed E-state index contributed by atoms with van der Waals surface area (Å²) in [7, 11) is 0. The van der Waals surface area contributed by atoms with Gasteiger partial charge < -0.3 is 4.90 Å². The Morgan fingerprint density at radius 1 is 0.735 bits per heavy atom. The van der Waals surface area contributed by atoms with Gasteiger partial charge in [0.2, 0.25) is 0 Å². The van der Waals surface area contributed by atoms with Crippen LogP contribution in [0.15, 0.2) is 91.0 Å². The molecule has 1 atom stereocenters. The molecule has 2 aliphatic rings. The van der Waals surface area contributed by atoms with Crippen LogP contribution in [-0.2, 0) is 11.8 Å². The summed E-state index contributed by atoms with van der Waals surface area (Å²) in [5.41, 5.74) is 9.80. The molecule has 166 valence electrons. The van der Waals surface area contributed by atoms with Gasteiger partial charge in [-0.1, -0.05) is 86.6 Å². The van der Waals surface area contributed by atoms with Crippen molar-refractivity contribution in [2.75, 3.05) is 4.90 Å². The van der Waals surface area contributed by atoms with Crippen molar-refractivity contribution in [1.29, 1.82) is 0 Å². The lowest BCUT2D eigenvalue weighted by atomic mass is 9.81. The first kappa shape index (κ1) is 19.9. The van der Waals surface area contributed by atoms with Gasteiger partial charge in [0.05, 0.1) is 0 Å². The topological polar surface area (TPSA) is 3.24 Å². The van der Waals surface area contributed by atoms with E-state index in [2.05, 4.69) is 117 Å². The SMILES string of the molecule is CC1CCc2ccccc2N1c1ccc2c(c1)C(C)(C)c1ccc3c(ccc4ccccc43)c1-2. The zero-order valence-electron chi connectivity index (χ0n) is 20.1. The van der Waals surface area contributed by atoms with E-state index >= 15 is 0 Å². The second-order valence-corrected chi connectivity index (χ2v) is 10.6. The minimum absolute atomic E-state index is 0.0287. The van der Waals surface area contributed by atoms with Crippen molar-refractivity contribution in [3.05, 3.63) is 108 Å². The molecule has 7 rings (SSSR count). The van der Waals surface area contributed by atoms with Gasteiger partial charge in [-0.15, -0.1) is 0 Å². The van der Waals surface area contributed by atoms with Crippen LogP contribution in [0.3, 0.4) is 0 Å². The molecule has 5 aromatic rings. The van der Waals surface area contributed by atoms with Gasteiger partial charge in [-0.05, 0) is 87.3 Å². The molecule has 1 aliphatic heterocycles. The Hall–Kier alpha value is -3.58. The third-order valence-corrected chi connectivity index (χ3v) is 8.35. The monoisotopic (exact) mass is 439 g/mol. The number of nitrogens with zero attached hydrogens (tertiary/aromatic N) is 1. The summed E-state index contributed by atoms with van der Waals surface area (Å²) in [5, 5.41) is 5.36. The summed E-state index contributed by atoms with van der Waals surface area (Å²) in [6.07, 6.45) is 2.35. The average Bonchev–Trinajstić information content (AvgIpc) is 3.10. The standard InChI is InChI=1S/C33H29N/c1-21-12-13-23-9-5-7-11-31(23)34(21)24-15-17-28-30(20-24)33(2,3)29-19-18-26-25-10-6-4-8-22(25)14-16-27(26)32(28)29/h4-11,14-21H,12-13H2,1-3H3. The molecule has 1 heterocycles. The lowest BCUT2D eigenvalue weighted by molar-refractivity contribution is 0.616. The fraction of sp³-hybridized carbons (Fsp3) is 0.212. The van der Waals surface area contributed by atoms with Crippen molar-refractivity contribution in [3.63, 3.8) is 0 Å². The van der Waals surface area contributed by atoms with Crippen LogP contribution in [-0.4, -0.2) is 6.04 Å². The van der Waals surface area contributed by atoms with E-state index in [4.69, 9.17) is 0 Å². The fourth-order valence-corrected chi connectivity index (χ4v) is 6.54. The van der Waals surface area contributed by atoms with E-state index in [1.54, 1.807) is 0 Å². The Labute approximate surface area is 201 Å². The number of hydrogen-bond donors (Lipinski definition) is 0. The van der Waals surface area contributed by atoms with Crippen molar-refractivity contribution in [1.82, 2.24) is 0 Å². The summed E-state index contributed by atoms with van der Waals surface area (Å²) in [4.78, 5) is 2.56. The van der Waals surface area contributed by atoms with Gasteiger partial charge in [0.15, 0.2) is 0 Å². The summed E-state index contributed by atoms with van der Waals surface area (Å²) >= 11 is 0. The Balaban J connectivity index is 1.45. The molecule has 34 heavy (non-hydrogen) atoms. The Morgan fingerprint density at radius 3 is 2.44 bits per heavy atom. The molecule has 1 aliphatic carbocycles. The zero-order chi connectivity index (χ0) is 23.0. The second-order valence-electron chi connectivity index (χ2n) is 10.6. The van der Waals surface area contributed by atoms with E-state index in [9.17, 15) is 0 Å². The summed E-state index contributed by atoms with van der Waals surface area (Å²) in [6, 6.07) is 34.7. The molecule has 0 radical (unpaired) electrons. The van der Waals surface area contributed by atoms with Crippen LogP contribution >= 0.6 is 0 Å². The maximum absolute atomic E-state index is 2.56. The van der Waals surface area contributed by atoms with E-state index < -0.39 is 0 Å². The predicted molar refractivity (Wildman–Crippen MR) is 145 cm³/mol. The van der Waals surface area contributed by atoms with Gasteiger partial charge in [-0.3, -0.25) is 0 Å². The third kappa shape index (κ3) is 2.61. The van der Waals surface area contributed by atoms with Gasteiger partial charge >= 0.3 is 0 Å². The number of aryl methyl sites for hydroxylation is 1. The molecular weight excluding hydrogens is 410 g/mol. The van der Waals surface area contributed by atoms with Crippen LogP contribution in [0.4, 0.5) is 11.4 Å². The minimum Gasteiger partial charge on any atom is -0.338 e. The van der Waals surface area contributed by atoms with Crippen molar-refractivity contribution >= 4 is 32.9 Å². The highest BCUT2D eigenvalue weighted by Crippen LogP contribution is 2.53.